The number of Topliss-reactive ketones (excluding diaryl/α,β-unsaturated/α-hetero) is 1. The van der Waals surface area contributed by atoms with Crippen LogP contribution in [-0.2, 0) is 4.79 Å². The molecule has 2 aliphatic rings. The normalized spacial score (nSPS) is 19.9. The van der Waals surface area contributed by atoms with Gasteiger partial charge in [0.2, 0.25) is 0 Å². The van der Waals surface area contributed by atoms with Crippen molar-refractivity contribution in [1.82, 2.24) is 9.78 Å². The van der Waals surface area contributed by atoms with Crippen LogP contribution in [-0.4, -0.2) is 15.6 Å². The monoisotopic (exact) mass is 481 g/mol. The van der Waals surface area contributed by atoms with Gasteiger partial charge in [-0.25, -0.2) is 4.68 Å². The fourth-order valence-electron chi connectivity index (χ4n) is 4.44. The first kappa shape index (κ1) is 19.6. The summed E-state index contributed by atoms with van der Waals surface area (Å²) >= 11 is 9.62. The van der Waals surface area contributed by atoms with Crippen LogP contribution in [0.5, 0.6) is 0 Å². The number of carbonyl (C=O) groups is 1. The zero-order chi connectivity index (χ0) is 21.0. The molecule has 0 saturated carbocycles. The van der Waals surface area contributed by atoms with Crippen molar-refractivity contribution in [1.29, 1.82) is 0 Å². The van der Waals surface area contributed by atoms with Crippen LogP contribution in [0.25, 0.3) is 11.3 Å². The summed E-state index contributed by atoms with van der Waals surface area (Å²) in [6, 6.07) is 17.6. The number of hydrogen-bond donors (Lipinski definition) is 1. The Morgan fingerprint density at radius 2 is 1.80 bits per heavy atom. The molecule has 1 aromatic heterocycles. The number of ketones is 1. The molecule has 0 amide bonds. The quantitative estimate of drug-likeness (QED) is 0.446. The summed E-state index contributed by atoms with van der Waals surface area (Å²) in [7, 11) is 0. The number of benzene rings is 2. The highest BCUT2D eigenvalue weighted by Gasteiger charge is 2.41. The second-order valence-electron chi connectivity index (χ2n) is 8.78. The lowest BCUT2D eigenvalue weighted by molar-refractivity contribution is -0.118. The summed E-state index contributed by atoms with van der Waals surface area (Å²) in [6.07, 6.45) is 1.37. The minimum atomic E-state index is -0.263. The standard InChI is InChI=1S/C24H21BrClN3O/c1-24(2)12-19-22(20(30)13-24)23(15-5-9-17(26)10-6-15)29-21(27-19)11-18(28-29)14-3-7-16(25)8-4-14/h3-11,23,27H,12-13H2,1-2H3. The van der Waals surface area contributed by atoms with Crippen LogP contribution in [0.3, 0.4) is 0 Å². The fourth-order valence-corrected chi connectivity index (χ4v) is 4.83. The Morgan fingerprint density at radius 3 is 2.50 bits per heavy atom. The summed E-state index contributed by atoms with van der Waals surface area (Å²) in [6.45, 7) is 4.29. The summed E-state index contributed by atoms with van der Waals surface area (Å²) in [5, 5.41) is 9.11. The van der Waals surface area contributed by atoms with Crippen molar-refractivity contribution < 1.29 is 4.79 Å². The number of fused-ring (bicyclic) bond motifs is 1. The van der Waals surface area contributed by atoms with E-state index in [1.54, 1.807) is 0 Å². The van der Waals surface area contributed by atoms with Gasteiger partial charge in [-0.1, -0.05) is 65.6 Å². The SMILES string of the molecule is CC1(C)CC(=O)C2=C(C1)Nc1cc(-c3ccc(Br)cc3)nn1C2c1ccc(Cl)cc1. The van der Waals surface area contributed by atoms with Gasteiger partial charge in [0, 0.05) is 38.8 Å². The highest BCUT2D eigenvalue weighted by atomic mass is 79.9. The zero-order valence-electron chi connectivity index (χ0n) is 16.7. The Hall–Kier alpha value is -2.37. The number of nitrogens with zero attached hydrogens (tertiary/aromatic N) is 2. The van der Waals surface area contributed by atoms with Crippen LogP contribution < -0.4 is 5.32 Å². The van der Waals surface area contributed by atoms with E-state index in [9.17, 15) is 4.79 Å². The minimum absolute atomic E-state index is 0.0653. The number of nitrogens with one attached hydrogen (secondary N) is 1. The third-order valence-corrected chi connectivity index (χ3v) is 6.56. The van der Waals surface area contributed by atoms with E-state index in [2.05, 4.69) is 41.2 Å². The maximum atomic E-state index is 13.2. The van der Waals surface area contributed by atoms with Crippen molar-refractivity contribution in [3.8, 4) is 11.3 Å². The third kappa shape index (κ3) is 3.40. The Bertz CT molecular complexity index is 1180. The van der Waals surface area contributed by atoms with Gasteiger partial charge in [0.1, 0.15) is 11.9 Å². The van der Waals surface area contributed by atoms with E-state index in [0.717, 1.165) is 44.8 Å². The van der Waals surface area contributed by atoms with E-state index in [4.69, 9.17) is 16.7 Å². The van der Waals surface area contributed by atoms with Gasteiger partial charge in [-0.05, 0) is 41.7 Å². The highest BCUT2D eigenvalue weighted by molar-refractivity contribution is 9.10. The first-order chi connectivity index (χ1) is 14.3. The molecule has 1 unspecified atom stereocenters. The maximum absolute atomic E-state index is 13.2. The molecule has 5 rings (SSSR count). The van der Waals surface area contributed by atoms with Crippen molar-refractivity contribution in [3.63, 3.8) is 0 Å². The predicted octanol–water partition coefficient (Wildman–Crippen LogP) is 6.62. The van der Waals surface area contributed by atoms with Crippen LogP contribution in [0.1, 0.15) is 38.3 Å². The van der Waals surface area contributed by atoms with E-state index in [-0.39, 0.29) is 17.2 Å². The molecule has 4 nitrogen and oxygen atoms in total. The summed E-state index contributed by atoms with van der Waals surface area (Å²) in [5.41, 5.74) is 4.66. The molecule has 2 heterocycles. The average Bonchev–Trinajstić information content (AvgIpc) is 3.10. The number of carbonyl (C=O) groups excluding carboxylic acids is 1. The van der Waals surface area contributed by atoms with Crippen LogP contribution in [0.15, 0.2) is 70.3 Å². The summed E-state index contributed by atoms with van der Waals surface area (Å²) in [4.78, 5) is 13.2. The number of rotatable bonds is 2. The van der Waals surface area contributed by atoms with Crippen molar-refractivity contribution in [2.24, 2.45) is 5.41 Å². The first-order valence-corrected chi connectivity index (χ1v) is 11.1. The Morgan fingerprint density at radius 1 is 1.10 bits per heavy atom. The largest absolute Gasteiger partial charge is 0.343 e. The Labute approximate surface area is 189 Å². The van der Waals surface area contributed by atoms with Gasteiger partial charge in [-0.2, -0.15) is 5.10 Å². The molecule has 1 N–H and O–H groups in total. The zero-order valence-corrected chi connectivity index (χ0v) is 19.1. The van der Waals surface area contributed by atoms with Crippen LogP contribution in [0.4, 0.5) is 5.82 Å². The van der Waals surface area contributed by atoms with Crippen molar-refractivity contribution in [3.05, 3.63) is 80.9 Å². The molecular formula is C24H21BrClN3O. The van der Waals surface area contributed by atoms with E-state index < -0.39 is 0 Å². The fraction of sp³-hybridized carbons (Fsp3) is 0.250. The Kier molecular flexibility index (Phi) is 4.64. The molecule has 0 radical (unpaired) electrons. The lowest BCUT2D eigenvalue weighted by Gasteiger charge is -2.38. The second kappa shape index (κ2) is 7.10. The Balaban J connectivity index is 1.67. The maximum Gasteiger partial charge on any atom is 0.163 e. The molecule has 30 heavy (non-hydrogen) atoms. The average molecular weight is 483 g/mol. The molecule has 0 saturated heterocycles. The first-order valence-electron chi connectivity index (χ1n) is 9.95. The lowest BCUT2D eigenvalue weighted by Crippen LogP contribution is -2.36. The van der Waals surface area contributed by atoms with Gasteiger partial charge < -0.3 is 5.32 Å². The molecular weight excluding hydrogens is 462 g/mol. The van der Waals surface area contributed by atoms with Crippen LogP contribution in [0.2, 0.25) is 5.02 Å². The van der Waals surface area contributed by atoms with Crippen LogP contribution in [0, 0.1) is 5.41 Å². The van der Waals surface area contributed by atoms with E-state index in [1.807, 2.05) is 53.2 Å². The summed E-state index contributed by atoms with van der Waals surface area (Å²) in [5.74, 6) is 1.08. The van der Waals surface area contributed by atoms with Gasteiger partial charge in [0.05, 0.1) is 5.69 Å². The van der Waals surface area contributed by atoms with Gasteiger partial charge >= 0.3 is 0 Å². The lowest BCUT2D eigenvalue weighted by atomic mass is 9.73. The van der Waals surface area contributed by atoms with Crippen molar-refractivity contribution in [2.75, 3.05) is 5.32 Å². The molecule has 0 bridgehead atoms. The van der Waals surface area contributed by atoms with Crippen molar-refractivity contribution in [2.45, 2.75) is 32.7 Å². The topological polar surface area (TPSA) is 46.9 Å². The van der Waals surface area contributed by atoms with E-state index >= 15 is 0 Å². The third-order valence-electron chi connectivity index (χ3n) is 5.78. The highest BCUT2D eigenvalue weighted by Crippen LogP contribution is 2.46. The molecule has 152 valence electrons. The van der Waals surface area contributed by atoms with Gasteiger partial charge in [-0.3, -0.25) is 4.79 Å². The smallest absolute Gasteiger partial charge is 0.163 e. The number of hydrogen-bond acceptors (Lipinski definition) is 3. The van der Waals surface area contributed by atoms with Crippen molar-refractivity contribution >= 4 is 39.1 Å². The second-order valence-corrected chi connectivity index (χ2v) is 10.1. The molecule has 1 aliphatic heterocycles. The molecule has 1 atom stereocenters. The minimum Gasteiger partial charge on any atom is -0.343 e. The molecule has 0 spiro atoms. The number of aromatic nitrogens is 2. The van der Waals surface area contributed by atoms with E-state index in [1.165, 1.54) is 0 Å². The van der Waals surface area contributed by atoms with Crippen LogP contribution >= 0.6 is 27.5 Å². The molecule has 1 aliphatic carbocycles. The van der Waals surface area contributed by atoms with Gasteiger partial charge in [-0.15, -0.1) is 0 Å². The van der Waals surface area contributed by atoms with E-state index in [0.29, 0.717) is 11.4 Å². The molecule has 6 heteroatoms. The predicted molar refractivity (Wildman–Crippen MR) is 124 cm³/mol. The van der Waals surface area contributed by atoms with Gasteiger partial charge in [0.25, 0.3) is 0 Å². The molecule has 2 aromatic carbocycles. The number of allylic oxidation sites excluding steroid dienone is 2. The van der Waals surface area contributed by atoms with Gasteiger partial charge in [0.15, 0.2) is 5.78 Å². The molecule has 3 aromatic rings. The summed E-state index contributed by atoms with van der Waals surface area (Å²) < 4.78 is 2.97. The number of anilines is 1. The number of halogens is 2. The molecule has 0 fully saturated rings.